The molecule has 5 heteroatoms. The van der Waals surface area contributed by atoms with Crippen LogP contribution in [0.15, 0.2) is 24.3 Å². The maximum atomic E-state index is 12.2. The zero-order chi connectivity index (χ0) is 15.4. The molecule has 1 aliphatic rings. The number of benzene rings is 1. The Morgan fingerprint density at radius 1 is 1.29 bits per heavy atom. The largest absolute Gasteiger partial charge is 0.350 e. The van der Waals surface area contributed by atoms with Gasteiger partial charge in [-0.25, -0.2) is 0 Å². The summed E-state index contributed by atoms with van der Waals surface area (Å²) in [5, 5.41) is 5.69. The Balaban J connectivity index is 2.04. The van der Waals surface area contributed by atoms with Crippen molar-refractivity contribution in [3.63, 3.8) is 0 Å². The van der Waals surface area contributed by atoms with Crippen LogP contribution >= 0.6 is 0 Å². The lowest BCUT2D eigenvalue weighted by atomic mass is 10.0. The van der Waals surface area contributed by atoms with Crippen molar-refractivity contribution in [1.82, 2.24) is 5.32 Å². The number of rotatable bonds is 4. The lowest BCUT2D eigenvalue weighted by molar-refractivity contribution is -0.120. The van der Waals surface area contributed by atoms with Gasteiger partial charge in [-0.15, -0.1) is 0 Å². The average molecular weight is 289 g/mol. The third-order valence-corrected chi connectivity index (χ3v) is 3.72. The summed E-state index contributed by atoms with van der Waals surface area (Å²) in [6.07, 6.45) is 2.73. The summed E-state index contributed by atoms with van der Waals surface area (Å²) in [5.74, 6) is -0.321. The number of carbonyl (C=O) groups excluding carboxylic acids is 2. The van der Waals surface area contributed by atoms with Crippen molar-refractivity contribution in [2.45, 2.75) is 45.2 Å². The van der Waals surface area contributed by atoms with Gasteiger partial charge in [0.25, 0.3) is 5.91 Å². The van der Waals surface area contributed by atoms with Crippen LogP contribution in [0, 0.1) is 5.92 Å². The van der Waals surface area contributed by atoms with Crippen LogP contribution in [0.2, 0.25) is 0 Å². The van der Waals surface area contributed by atoms with Gasteiger partial charge in [-0.2, -0.15) is 0 Å². The predicted molar refractivity (Wildman–Crippen MR) is 83.0 cm³/mol. The second-order valence-electron chi connectivity index (χ2n) is 5.90. The Morgan fingerprint density at radius 3 is 2.67 bits per heavy atom. The van der Waals surface area contributed by atoms with Crippen LogP contribution in [-0.4, -0.2) is 23.9 Å². The molecule has 0 spiro atoms. The number of nitrogens with one attached hydrogen (secondary N) is 2. The Kier molecular flexibility index (Phi) is 4.96. The minimum absolute atomic E-state index is 0.0542. The van der Waals surface area contributed by atoms with Gasteiger partial charge in [0, 0.05) is 23.3 Å². The molecule has 0 heterocycles. The molecule has 5 nitrogen and oxygen atoms in total. The van der Waals surface area contributed by atoms with Gasteiger partial charge in [0.1, 0.15) is 0 Å². The molecule has 21 heavy (non-hydrogen) atoms. The fourth-order valence-electron chi connectivity index (χ4n) is 2.63. The van der Waals surface area contributed by atoms with Crippen molar-refractivity contribution < 1.29 is 9.59 Å². The molecule has 2 unspecified atom stereocenters. The molecule has 114 valence electrons. The highest BCUT2D eigenvalue weighted by molar-refractivity contribution is 5.98. The van der Waals surface area contributed by atoms with Gasteiger partial charge < -0.3 is 16.4 Å². The molecule has 4 N–H and O–H groups in total. The third-order valence-electron chi connectivity index (χ3n) is 3.72. The second-order valence-corrected chi connectivity index (χ2v) is 5.90. The average Bonchev–Trinajstić information content (AvgIpc) is 2.84. The molecule has 0 saturated heterocycles. The van der Waals surface area contributed by atoms with Crippen LogP contribution in [0.25, 0.3) is 0 Å². The smallest absolute Gasteiger partial charge is 0.251 e. The topological polar surface area (TPSA) is 84.2 Å². The summed E-state index contributed by atoms with van der Waals surface area (Å²) in [6, 6.07) is 6.99. The number of amides is 2. The zero-order valence-corrected chi connectivity index (χ0v) is 12.6. The minimum Gasteiger partial charge on any atom is -0.350 e. The van der Waals surface area contributed by atoms with Gasteiger partial charge in [0.15, 0.2) is 0 Å². The van der Waals surface area contributed by atoms with Crippen molar-refractivity contribution in [3.8, 4) is 0 Å². The quantitative estimate of drug-likeness (QED) is 0.791. The van der Waals surface area contributed by atoms with Crippen LogP contribution in [0.4, 0.5) is 5.69 Å². The highest BCUT2D eigenvalue weighted by Gasteiger charge is 2.30. The van der Waals surface area contributed by atoms with Crippen LogP contribution in [0.1, 0.15) is 43.5 Å². The normalized spacial score (nSPS) is 21.3. The van der Waals surface area contributed by atoms with Crippen molar-refractivity contribution in [1.29, 1.82) is 0 Å². The number of nitrogens with two attached hydrogens (primary N) is 1. The molecule has 1 saturated carbocycles. The molecule has 1 aromatic rings. The van der Waals surface area contributed by atoms with E-state index in [1.54, 1.807) is 24.3 Å². The highest BCUT2D eigenvalue weighted by Crippen LogP contribution is 2.25. The number of anilines is 1. The number of hydrogen-bond acceptors (Lipinski definition) is 3. The third kappa shape index (κ3) is 4.04. The van der Waals surface area contributed by atoms with Gasteiger partial charge in [-0.05, 0) is 44.9 Å². The molecule has 2 rings (SSSR count). The monoisotopic (exact) mass is 289 g/mol. The first kappa shape index (κ1) is 15.5. The van der Waals surface area contributed by atoms with Crippen LogP contribution in [0.3, 0.4) is 0 Å². The Labute approximate surface area is 125 Å². The number of carbonyl (C=O) groups is 2. The molecule has 2 amide bonds. The maximum Gasteiger partial charge on any atom is 0.251 e. The molecular formula is C16H23N3O2. The van der Waals surface area contributed by atoms with Crippen molar-refractivity contribution in [3.05, 3.63) is 29.8 Å². The highest BCUT2D eigenvalue weighted by atomic mass is 16.2. The van der Waals surface area contributed by atoms with Crippen molar-refractivity contribution in [2.75, 3.05) is 5.32 Å². The first-order valence-electron chi connectivity index (χ1n) is 7.44. The predicted octanol–water partition coefficient (Wildman–Crippen LogP) is 1.89. The SMILES string of the molecule is CC(C)NC(=O)c1cccc(NC(=O)C2CCCC2N)c1. The molecule has 1 fully saturated rings. The van der Waals surface area contributed by atoms with Crippen molar-refractivity contribution >= 4 is 17.5 Å². The van der Waals surface area contributed by atoms with Crippen LogP contribution in [0.5, 0.6) is 0 Å². The van der Waals surface area contributed by atoms with Crippen LogP contribution < -0.4 is 16.4 Å². The first-order valence-corrected chi connectivity index (χ1v) is 7.44. The van der Waals surface area contributed by atoms with E-state index in [0.29, 0.717) is 11.3 Å². The van der Waals surface area contributed by atoms with Gasteiger partial charge in [-0.1, -0.05) is 12.5 Å². The van der Waals surface area contributed by atoms with Crippen LogP contribution in [-0.2, 0) is 4.79 Å². The van der Waals surface area contributed by atoms with E-state index in [9.17, 15) is 9.59 Å². The summed E-state index contributed by atoms with van der Waals surface area (Å²) < 4.78 is 0. The van der Waals surface area contributed by atoms with Gasteiger partial charge in [0.05, 0.1) is 5.92 Å². The van der Waals surface area contributed by atoms with E-state index in [-0.39, 0.29) is 29.8 Å². The summed E-state index contributed by atoms with van der Waals surface area (Å²) in [7, 11) is 0. The van der Waals surface area contributed by atoms with E-state index in [1.165, 1.54) is 0 Å². The second kappa shape index (κ2) is 6.72. The fraction of sp³-hybridized carbons (Fsp3) is 0.500. The van der Waals surface area contributed by atoms with Gasteiger partial charge in [0.2, 0.25) is 5.91 Å². The maximum absolute atomic E-state index is 12.2. The molecular weight excluding hydrogens is 266 g/mol. The van der Waals surface area contributed by atoms with E-state index in [2.05, 4.69) is 10.6 Å². The lowest BCUT2D eigenvalue weighted by Gasteiger charge is -2.15. The fourth-order valence-corrected chi connectivity index (χ4v) is 2.63. The Morgan fingerprint density at radius 2 is 2.05 bits per heavy atom. The summed E-state index contributed by atoms with van der Waals surface area (Å²) in [5.41, 5.74) is 7.12. The first-order chi connectivity index (χ1) is 9.97. The Hall–Kier alpha value is -1.88. The summed E-state index contributed by atoms with van der Waals surface area (Å²) >= 11 is 0. The summed E-state index contributed by atoms with van der Waals surface area (Å²) in [4.78, 5) is 24.1. The molecule has 0 aromatic heterocycles. The van der Waals surface area contributed by atoms with E-state index in [0.717, 1.165) is 19.3 Å². The zero-order valence-electron chi connectivity index (χ0n) is 12.6. The summed E-state index contributed by atoms with van der Waals surface area (Å²) in [6.45, 7) is 3.82. The standard InChI is InChI=1S/C16H23N3O2/c1-10(2)18-15(20)11-5-3-6-12(9-11)19-16(21)13-7-4-8-14(13)17/h3,5-6,9-10,13-14H,4,7-8,17H2,1-2H3,(H,18,20)(H,19,21). The van der Waals surface area contributed by atoms with E-state index in [4.69, 9.17) is 5.73 Å². The number of hydrogen-bond donors (Lipinski definition) is 3. The van der Waals surface area contributed by atoms with E-state index < -0.39 is 0 Å². The lowest BCUT2D eigenvalue weighted by Crippen LogP contribution is -2.34. The molecule has 1 aromatic carbocycles. The molecule has 0 radical (unpaired) electrons. The molecule has 2 atom stereocenters. The van der Waals surface area contributed by atoms with Crippen molar-refractivity contribution in [2.24, 2.45) is 11.7 Å². The van der Waals surface area contributed by atoms with E-state index in [1.807, 2.05) is 13.8 Å². The Bertz CT molecular complexity index is 528. The molecule has 1 aliphatic carbocycles. The van der Waals surface area contributed by atoms with E-state index >= 15 is 0 Å². The van der Waals surface area contributed by atoms with Gasteiger partial charge in [-0.3, -0.25) is 9.59 Å². The molecule has 0 aliphatic heterocycles. The minimum atomic E-state index is -0.140. The van der Waals surface area contributed by atoms with Gasteiger partial charge >= 0.3 is 0 Å². The molecule has 0 bridgehead atoms.